The van der Waals surface area contributed by atoms with Gasteiger partial charge in [0.15, 0.2) is 0 Å². The number of hydrogen-bond acceptors (Lipinski definition) is 3. The molecule has 2 heterocycles. The number of H-pyrrole nitrogens is 1. The highest BCUT2D eigenvalue weighted by Gasteiger charge is 2.30. The Morgan fingerprint density at radius 1 is 1.31 bits per heavy atom. The third kappa shape index (κ3) is 5.96. The molecule has 1 aromatic heterocycles. The standard InChI is InChI=1S/C16H23N3.C6H12O/c1-5-15(10(2)14-8-9-18-11(14)3)19-12(4)16(17)13-6-7-13;1-6-2-4-7-5-3-6/h5,8-9,13,16,18H,3,6-7,17H2,1-2,4H3;6H,2-5H2,1H3/b14-10-,15-5+,19-12?;. The van der Waals surface area contributed by atoms with E-state index >= 15 is 0 Å². The van der Waals surface area contributed by atoms with Gasteiger partial charge in [0, 0.05) is 41.7 Å². The van der Waals surface area contributed by atoms with Crippen LogP contribution in [0, 0.1) is 11.8 Å². The maximum absolute atomic E-state index is 6.19. The highest BCUT2D eigenvalue weighted by molar-refractivity contribution is 5.90. The summed E-state index contributed by atoms with van der Waals surface area (Å²) in [5.74, 6) is 1.55. The summed E-state index contributed by atoms with van der Waals surface area (Å²) in [7, 11) is 0. The summed E-state index contributed by atoms with van der Waals surface area (Å²) in [6.07, 6.45) is 8.94. The molecule has 0 spiro atoms. The molecule has 26 heavy (non-hydrogen) atoms. The SMILES string of the molecule is C=c1[nH]cc/c1=C(C)/C(=C\C)N=C(C)C(N)C1CC1.CC1CCOCC1. The molecule has 3 rings (SSSR count). The zero-order valence-electron chi connectivity index (χ0n) is 16.8. The lowest BCUT2D eigenvalue weighted by molar-refractivity contribution is 0.0716. The van der Waals surface area contributed by atoms with Crippen LogP contribution in [0.4, 0.5) is 0 Å². The number of aromatic amines is 1. The summed E-state index contributed by atoms with van der Waals surface area (Å²) < 4.78 is 5.14. The number of hydrogen-bond donors (Lipinski definition) is 2. The summed E-state index contributed by atoms with van der Waals surface area (Å²) in [5, 5.41) is 2.04. The molecule has 1 saturated heterocycles. The number of aliphatic imine (C=N–C) groups is 1. The molecule has 3 N–H and O–H groups in total. The van der Waals surface area contributed by atoms with Crippen LogP contribution >= 0.6 is 0 Å². The van der Waals surface area contributed by atoms with E-state index < -0.39 is 0 Å². The molecular weight excluding hydrogens is 322 g/mol. The van der Waals surface area contributed by atoms with Gasteiger partial charge in [-0.05, 0) is 69.9 Å². The number of rotatable bonds is 4. The van der Waals surface area contributed by atoms with E-state index in [0.717, 1.165) is 46.7 Å². The van der Waals surface area contributed by atoms with Crippen LogP contribution in [0.15, 0.2) is 29.0 Å². The first-order valence-corrected chi connectivity index (χ1v) is 9.82. The Morgan fingerprint density at radius 3 is 2.38 bits per heavy atom. The molecule has 1 aliphatic carbocycles. The molecule has 1 aliphatic heterocycles. The smallest absolute Gasteiger partial charge is 0.0622 e. The Kier molecular flexibility index (Phi) is 7.85. The largest absolute Gasteiger partial charge is 0.381 e. The molecule has 2 aliphatic rings. The summed E-state index contributed by atoms with van der Waals surface area (Å²) >= 11 is 0. The molecule has 0 bridgehead atoms. The van der Waals surface area contributed by atoms with Gasteiger partial charge in [-0.15, -0.1) is 0 Å². The molecule has 0 radical (unpaired) electrons. The van der Waals surface area contributed by atoms with Crippen molar-refractivity contribution in [2.24, 2.45) is 22.6 Å². The van der Waals surface area contributed by atoms with Crippen LogP contribution in [0.2, 0.25) is 0 Å². The number of nitrogens with one attached hydrogen (secondary N) is 1. The Morgan fingerprint density at radius 2 is 1.96 bits per heavy atom. The maximum Gasteiger partial charge on any atom is 0.0622 e. The van der Waals surface area contributed by atoms with Gasteiger partial charge in [-0.25, -0.2) is 0 Å². The lowest BCUT2D eigenvalue weighted by Gasteiger charge is -2.16. The van der Waals surface area contributed by atoms with E-state index in [9.17, 15) is 0 Å². The number of aromatic nitrogens is 1. The van der Waals surface area contributed by atoms with Crippen molar-refractivity contribution in [2.75, 3.05) is 13.2 Å². The summed E-state index contributed by atoms with van der Waals surface area (Å²) in [6.45, 7) is 14.4. The first-order chi connectivity index (χ1) is 12.4. The van der Waals surface area contributed by atoms with E-state index in [4.69, 9.17) is 15.5 Å². The second-order valence-electron chi connectivity index (χ2n) is 7.58. The first kappa shape index (κ1) is 20.7. The third-order valence-corrected chi connectivity index (χ3v) is 5.31. The van der Waals surface area contributed by atoms with Gasteiger partial charge < -0.3 is 15.5 Å². The topological polar surface area (TPSA) is 63.4 Å². The fraction of sp³-hybridized carbons (Fsp3) is 0.591. The maximum atomic E-state index is 6.19. The van der Waals surface area contributed by atoms with Gasteiger partial charge >= 0.3 is 0 Å². The van der Waals surface area contributed by atoms with Gasteiger partial charge in [0.2, 0.25) is 0 Å². The van der Waals surface area contributed by atoms with Crippen molar-refractivity contribution in [3.8, 4) is 0 Å². The van der Waals surface area contributed by atoms with E-state index in [1.165, 1.54) is 25.7 Å². The van der Waals surface area contributed by atoms with Crippen LogP contribution in [0.3, 0.4) is 0 Å². The van der Waals surface area contributed by atoms with Gasteiger partial charge in [-0.2, -0.15) is 0 Å². The van der Waals surface area contributed by atoms with E-state index in [2.05, 4.69) is 25.4 Å². The molecule has 4 nitrogen and oxygen atoms in total. The second kappa shape index (κ2) is 9.89. The van der Waals surface area contributed by atoms with Crippen LogP contribution in [0.5, 0.6) is 0 Å². The lowest BCUT2D eigenvalue weighted by atomic mass is 10.0. The second-order valence-corrected chi connectivity index (χ2v) is 7.58. The van der Waals surface area contributed by atoms with E-state index in [1.54, 1.807) is 0 Å². The molecule has 2 fully saturated rings. The average molecular weight is 358 g/mol. The van der Waals surface area contributed by atoms with Gasteiger partial charge in [0.25, 0.3) is 0 Å². The first-order valence-electron chi connectivity index (χ1n) is 9.82. The molecule has 1 unspecified atom stereocenters. The summed E-state index contributed by atoms with van der Waals surface area (Å²) in [5.41, 5.74) is 9.33. The van der Waals surface area contributed by atoms with Crippen molar-refractivity contribution in [1.29, 1.82) is 0 Å². The quantitative estimate of drug-likeness (QED) is 0.813. The monoisotopic (exact) mass is 357 g/mol. The highest BCUT2D eigenvalue weighted by Crippen LogP contribution is 2.32. The van der Waals surface area contributed by atoms with Gasteiger partial charge in [0.1, 0.15) is 0 Å². The zero-order valence-corrected chi connectivity index (χ0v) is 16.8. The molecule has 144 valence electrons. The van der Waals surface area contributed by atoms with Crippen LogP contribution in [0.25, 0.3) is 12.2 Å². The van der Waals surface area contributed by atoms with Crippen LogP contribution in [0.1, 0.15) is 53.4 Å². The Balaban J connectivity index is 0.000000290. The van der Waals surface area contributed by atoms with Gasteiger partial charge in [-0.1, -0.05) is 19.6 Å². The summed E-state index contributed by atoms with van der Waals surface area (Å²) in [4.78, 5) is 7.83. The molecule has 0 aromatic carbocycles. The number of allylic oxidation sites excluding steroid dienone is 2. The van der Waals surface area contributed by atoms with Crippen LogP contribution in [-0.4, -0.2) is 30.0 Å². The predicted molar refractivity (Wildman–Crippen MR) is 111 cm³/mol. The average Bonchev–Trinajstić information content (AvgIpc) is 3.40. The third-order valence-electron chi connectivity index (χ3n) is 5.31. The van der Waals surface area contributed by atoms with Gasteiger partial charge in [-0.3, -0.25) is 4.99 Å². The molecule has 1 atom stereocenters. The molecular formula is C22H35N3O. The van der Waals surface area contributed by atoms with E-state index in [0.29, 0.717) is 5.92 Å². The fourth-order valence-corrected chi connectivity index (χ4v) is 3.13. The Labute approximate surface area is 157 Å². The molecule has 1 saturated carbocycles. The number of nitrogens with two attached hydrogens (primary N) is 1. The van der Waals surface area contributed by atoms with Crippen LogP contribution in [-0.2, 0) is 4.74 Å². The van der Waals surface area contributed by atoms with Crippen molar-refractivity contribution in [2.45, 2.75) is 59.4 Å². The van der Waals surface area contributed by atoms with E-state index in [1.807, 2.05) is 32.2 Å². The highest BCUT2D eigenvalue weighted by atomic mass is 16.5. The lowest BCUT2D eigenvalue weighted by Crippen LogP contribution is -2.31. The zero-order chi connectivity index (χ0) is 19.1. The van der Waals surface area contributed by atoms with Crippen molar-refractivity contribution >= 4 is 17.9 Å². The van der Waals surface area contributed by atoms with Crippen LogP contribution < -0.4 is 16.3 Å². The molecule has 0 amide bonds. The number of ether oxygens (including phenoxy) is 1. The van der Waals surface area contributed by atoms with E-state index in [-0.39, 0.29) is 6.04 Å². The van der Waals surface area contributed by atoms with Gasteiger partial charge in [0.05, 0.1) is 5.70 Å². The summed E-state index contributed by atoms with van der Waals surface area (Å²) in [6, 6.07) is 2.14. The minimum atomic E-state index is 0.105. The van der Waals surface area contributed by atoms with Crippen molar-refractivity contribution in [1.82, 2.24) is 4.98 Å². The van der Waals surface area contributed by atoms with Crippen molar-refractivity contribution in [3.05, 3.63) is 34.6 Å². The minimum absolute atomic E-state index is 0.105. The fourth-order valence-electron chi connectivity index (χ4n) is 3.13. The predicted octanol–water partition coefficient (Wildman–Crippen LogP) is 3.13. The Hall–Kier alpha value is -1.65. The van der Waals surface area contributed by atoms with Crippen molar-refractivity contribution in [3.63, 3.8) is 0 Å². The molecule has 1 aromatic rings. The Bertz CT molecular complexity index is 734. The molecule has 4 heteroatoms. The number of nitrogens with zero attached hydrogens (tertiary/aromatic N) is 1. The van der Waals surface area contributed by atoms with Crippen molar-refractivity contribution < 1.29 is 4.74 Å². The normalized spacial score (nSPS) is 21.7. The minimum Gasteiger partial charge on any atom is -0.381 e.